The van der Waals surface area contributed by atoms with Gasteiger partial charge >= 0.3 is 11.9 Å². The molecule has 0 bridgehead atoms. The molecule has 0 spiro atoms. The van der Waals surface area contributed by atoms with E-state index in [1.807, 2.05) is 13.8 Å². The molecular formula is C11H18O5. The quantitative estimate of drug-likeness (QED) is 0.679. The van der Waals surface area contributed by atoms with E-state index in [4.69, 9.17) is 10.2 Å². The van der Waals surface area contributed by atoms with Gasteiger partial charge in [0.15, 0.2) is 0 Å². The van der Waals surface area contributed by atoms with Crippen molar-refractivity contribution >= 4 is 17.7 Å². The molecule has 0 saturated heterocycles. The van der Waals surface area contributed by atoms with Crippen molar-refractivity contribution in [2.45, 2.75) is 39.5 Å². The van der Waals surface area contributed by atoms with Gasteiger partial charge in [-0.1, -0.05) is 13.8 Å². The fourth-order valence-corrected chi connectivity index (χ4v) is 0.825. The maximum absolute atomic E-state index is 10.6. The number of carbonyl (C=O) groups excluding carboxylic acids is 1. The van der Waals surface area contributed by atoms with Crippen molar-refractivity contribution in [3.63, 3.8) is 0 Å². The molecule has 0 unspecified atom stereocenters. The number of carboxylic acids is 2. The molecule has 92 valence electrons. The van der Waals surface area contributed by atoms with Gasteiger partial charge in [-0.25, -0.2) is 9.59 Å². The lowest BCUT2D eigenvalue weighted by molar-refractivity contribution is -0.134. The van der Waals surface area contributed by atoms with Gasteiger partial charge < -0.3 is 10.2 Å². The van der Waals surface area contributed by atoms with E-state index in [-0.39, 0.29) is 0 Å². The van der Waals surface area contributed by atoms with Gasteiger partial charge in [0.05, 0.1) is 0 Å². The first-order chi connectivity index (χ1) is 7.43. The number of carboxylic acid groups (broad SMARTS) is 2. The van der Waals surface area contributed by atoms with Crippen LogP contribution in [-0.4, -0.2) is 27.9 Å². The molecule has 0 aromatic heterocycles. The van der Waals surface area contributed by atoms with Gasteiger partial charge in [0.2, 0.25) is 0 Å². The molecule has 5 heteroatoms. The number of ketones is 1. The number of Topliss-reactive ketones (excluding diaryl/α,β-unsaturated/α-hetero) is 1. The van der Waals surface area contributed by atoms with Crippen LogP contribution in [0.1, 0.15) is 39.5 Å². The highest BCUT2D eigenvalue weighted by atomic mass is 16.4. The van der Waals surface area contributed by atoms with Gasteiger partial charge in [0.25, 0.3) is 0 Å². The summed E-state index contributed by atoms with van der Waals surface area (Å²) < 4.78 is 0. The van der Waals surface area contributed by atoms with Crippen LogP contribution in [0.4, 0.5) is 0 Å². The van der Waals surface area contributed by atoms with E-state index in [2.05, 4.69) is 0 Å². The minimum absolute atomic E-state index is 0.412. The topological polar surface area (TPSA) is 91.7 Å². The van der Waals surface area contributed by atoms with E-state index >= 15 is 0 Å². The average Bonchev–Trinajstić information content (AvgIpc) is 2.16. The summed E-state index contributed by atoms with van der Waals surface area (Å²) in [4.78, 5) is 29.8. The molecule has 0 heterocycles. The summed E-state index contributed by atoms with van der Waals surface area (Å²) in [5.41, 5.74) is 0. The predicted octanol–water partition coefficient (Wildman–Crippen LogP) is 1.87. The second-order valence-corrected chi connectivity index (χ2v) is 3.05. The van der Waals surface area contributed by atoms with Crippen LogP contribution < -0.4 is 0 Å². The zero-order valence-corrected chi connectivity index (χ0v) is 9.60. The smallest absolute Gasteiger partial charge is 0.328 e. The summed E-state index contributed by atoms with van der Waals surface area (Å²) in [7, 11) is 0. The van der Waals surface area contributed by atoms with E-state index in [9.17, 15) is 14.4 Å². The minimum atomic E-state index is -1.26. The Bertz CT molecular complexity index is 231. The molecule has 5 nitrogen and oxygen atoms in total. The lowest BCUT2D eigenvalue weighted by Crippen LogP contribution is -1.93. The minimum Gasteiger partial charge on any atom is -0.478 e. The van der Waals surface area contributed by atoms with E-state index in [0.29, 0.717) is 17.9 Å². The molecule has 0 aromatic rings. The number of carbonyl (C=O) groups is 3. The van der Waals surface area contributed by atoms with Crippen LogP contribution in [0.3, 0.4) is 0 Å². The standard InChI is InChI=1S/C7H14O.C4H4O4/c1-3-5-7(8)6-4-2;5-3(6)1-2-4(7)8/h3-6H2,1-2H3;1-2H,(H,5,6)(H,7,8). The molecule has 0 saturated carbocycles. The lowest BCUT2D eigenvalue weighted by atomic mass is 10.1. The molecule has 0 rings (SSSR count). The van der Waals surface area contributed by atoms with Crippen LogP contribution in [0.2, 0.25) is 0 Å². The summed E-state index contributed by atoms with van der Waals surface area (Å²) >= 11 is 0. The second kappa shape index (κ2) is 11.4. The molecule has 0 aliphatic heterocycles. The Kier molecular flexibility index (Phi) is 12.0. The van der Waals surface area contributed by atoms with Gasteiger partial charge in [-0.3, -0.25) is 4.79 Å². The van der Waals surface area contributed by atoms with Crippen molar-refractivity contribution in [1.29, 1.82) is 0 Å². The zero-order chi connectivity index (χ0) is 13.0. The van der Waals surface area contributed by atoms with Gasteiger partial charge in [0, 0.05) is 25.0 Å². The summed E-state index contributed by atoms with van der Waals surface area (Å²) in [6, 6.07) is 0. The Labute approximate surface area is 94.8 Å². The van der Waals surface area contributed by atoms with Crippen molar-refractivity contribution in [2.75, 3.05) is 0 Å². The molecular weight excluding hydrogens is 212 g/mol. The monoisotopic (exact) mass is 230 g/mol. The van der Waals surface area contributed by atoms with Crippen molar-refractivity contribution in [3.05, 3.63) is 12.2 Å². The fraction of sp³-hybridized carbons (Fsp3) is 0.545. The Morgan fingerprint density at radius 3 is 1.38 bits per heavy atom. The van der Waals surface area contributed by atoms with Crippen LogP contribution in [0.25, 0.3) is 0 Å². The summed E-state index contributed by atoms with van der Waals surface area (Å²) in [6.07, 6.45) is 4.66. The van der Waals surface area contributed by atoms with Crippen molar-refractivity contribution in [1.82, 2.24) is 0 Å². The van der Waals surface area contributed by atoms with E-state index < -0.39 is 11.9 Å². The molecule has 0 aromatic carbocycles. The van der Waals surface area contributed by atoms with Crippen molar-refractivity contribution < 1.29 is 24.6 Å². The molecule has 2 N–H and O–H groups in total. The SMILES string of the molecule is CCCC(=O)CCC.O=C(O)C=CC(=O)O. The third kappa shape index (κ3) is 18.2. The molecule has 0 fully saturated rings. The molecule has 0 aliphatic rings. The first kappa shape index (κ1) is 16.8. The fourth-order valence-electron chi connectivity index (χ4n) is 0.825. The first-order valence-electron chi connectivity index (χ1n) is 5.09. The van der Waals surface area contributed by atoms with Gasteiger partial charge in [0.1, 0.15) is 5.78 Å². The number of hydrogen-bond acceptors (Lipinski definition) is 3. The van der Waals surface area contributed by atoms with Gasteiger partial charge in [-0.2, -0.15) is 0 Å². The predicted molar refractivity (Wildman–Crippen MR) is 59.2 cm³/mol. The Morgan fingerprint density at radius 1 is 0.875 bits per heavy atom. The van der Waals surface area contributed by atoms with Crippen LogP contribution in [-0.2, 0) is 14.4 Å². The van der Waals surface area contributed by atoms with E-state index in [1.165, 1.54) is 0 Å². The van der Waals surface area contributed by atoms with Crippen molar-refractivity contribution in [3.8, 4) is 0 Å². The van der Waals surface area contributed by atoms with Crippen LogP contribution in [0, 0.1) is 0 Å². The highest BCUT2D eigenvalue weighted by Gasteiger charge is 1.94. The molecule has 0 atom stereocenters. The maximum atomic E-state index is 10.6. The Morgan fingerprint density at radius 2 is 1.19 bits per heavy atom. The molecule has 16 heavy (non-hydrogen) atoms. The van der Waals surface area contributed by atoms with E-state index in [1.54, 1.807) is 0 Å². The summed E-state index contributed by atoms with van der Waals surface area (Å²) in [5, 5.41) is 15.6. The zero-order valence-electron chi connectivity index (χ0n) is 9.60. The Balaban J connectivity index is 0. The third-order valence-corrected chi connectivity index (χ3v) is 1.43. The highest BCUT2D eigenvalue weighted by Crippen LogP contribution is 1.95. The van der Waals surface area contributed by atoms with Crippen molar-refractivity contribution in [2.24, 2.45) is 0 Å². The third-order valence-electron chi connectivity index (χ3n) is 1.43. The summed E-state index contributed by atoms with van der Waals surface area (Å²) in [5.74, 6) is -2.10. The second-order valence-electron chi connectivity index (χ2n) is 3.05. The van der Waals surface area contributed by atoms with Gasteiger partial charge in [-0.15, -0.1) is 0 Å². The molecule has 0 aliphatic carbocycles. The summed E-state index contributed by atoms with van der Waals surface area (Å²) in [6.45, 7) is 4.07. The van der Waals surface area contributed by atoms with Crippen LogP contribution in [0.5, 0.6) is 0 Å². The maximum Gasteiger partial charge on any atom is 0.328 e. The average molecular weight is 230 g/mol. The largest absolute Gasteiger partial charge is 0.478 e. The number of rotatable bonds is 6. The molecule has 0 amide bonds. The van der Waals surface area contributed by atoms with Gasteiger partial charge in [-0.05, 0) is 12.8 Å². The lowest BCUT2D eigenvalue weighted by Gasteiger charge is -1.91. The molecule has 0 radical (unpaired) electrons. The first-order valence-corrected chi connectivity index (χ1v) is 5.09. The van der Waals surface area contributed by atoms with Crippen LogP contribution >= 0.6 is 0 Å². The number of aliphatic carboxylic acids is 2. The highest BCUT2D eigenvalue weighted by molar-refractivity contribution is 5.89. The number of hydrogen-bond donors (Lipinski definition) is 2. The normalized spacial score (nSPS) is 9.38. The van der Waals surface area contributed by atoms with Crippen LogP contribution in [0.15, 0.2) is 12.2 Å². The van der Waals surface area contributed by atoms with E-state index in [0.717, 1.165) is 25.7 Å². The Hall–Kier alpha value is -1.65.